The van der Waals surface area contributed by atoms with E-state index in [4.69, 9.17) is 14.2 Å². The molecule has 1 aliphatic rings. The molecule has 1 fully saturated rings. The summed E-state index contributed by atoms with van der Waals surface area (Å²) >= 11 is 0. The number of hydrogen-bond donors (Lipinski definition) is 5. The van der Waals surface area contributed by atoms with Crippen LogP contribution in [0, 0.1) is 5.41 Å². The summed E-state index contributed by atoms with van der Waals surface area (Å²) in [6.45, 7) is 1.40. The van der Waals surface area contributed by atoms with Gasteiger partial charge in [0, 0.05) is 13.0 Å². The van der Waals surface area contributed by atoms with Crippen LogP contribution in [0.1, 0.15) is 123 Å². The Kier molecular flexibility index (Phi) is 27.8. The van der Waals surface area contributed by atoms with Gasteiger partial charge in [0.05, 0.1) is 38.4 Å². The third-order valence-electron chi connectivity index (χ3n) is 8.44. The van der Waals surface area contributed by atoms with Crippen molar-refractivity contribution in [1.29, 1.82) is 0 Å². The Balaban J connectivity index is 0.0000212. The summed E-state index contributed by atoms with van der Waals surface area (Å²) in [5.74, 6) is -0.300. The van der Waals surface area contributed by atoms with Crippen LogP contribution in [0.15, 0.2) is 0 Å². The van der Waals surface area contributed by atoms with Crippen LogP contribution in [-0.4, -0.2) is 110 Å². The molecule has 5 N–H and O–H groups in total. The molecule has 274 valence electrons. The monoisotopic (exact) mass is 707 g/mol. The van der Waals surface area contributed by atoms with Gasteiger partial charge in [-0.2, -0.15) is 0 Å². The molecule has 5 atom stereocenters. The SMILES string of the molecule is CCCCCCCCCCCCCCCCO[C@H]1O[C@H](COCC(CO)(CO)COS(=O)(=O)[O-])[C@@H](O)[C@H](O)[C@H]1NC(=O)CCCC.[Na+]. The van der Waals surface area contributed by atoms with Crippen LogP contribution < -0.4 is 34.9 Å². The van der Waals surface area contributed by atoms with Gasteiger partial charge in [-0.1, -0.05) is 104 Å². The quantitative estimate of drug-likeness (QED) is 0.0304. The van der Waals surface area contributed by atoms with Gasteiger partial charge < -0.3 is 44.5 Å². The van der Waals surface area contributed by atoms with Crippen molar-refractivity contribution in [2.45, 2.75) is 154 Å². The van der Waals surface area contributed by atoms with Gasteiger partial charge in [-0.05, 0) is 12.8 Å². The minimum absolute atomic E-state index is 0. The van der Waals surface area contributed by atoms with Crippen molar-refractivity contribution in [3.8, 4) is 0 Å². The van der Waals surface area contributed by atoms with E-state index in [1.807, 2.05) is 6.92 Å². The Morgan fingerprint density at radius 3 is 1.81 bits per heavy atom. The normalized spacial score (nSPS) is 21.8. The standard InChI is InChI=1S/C32H63NO12S.Na/c1-3-5-7-8-9-10-11-12-13-14-15-16-17-18-20-43-31-28(33-27(36)19-6-4-2)30(38)29(37)26(45-31)21-42-24-32(22-34,23-35)25-44-46(39,40)41;/h26,28-31,34-35,37-38H,3-25H2,1-2H3,(H,33,36)(H,39,40,41);/q;+1/p-1/t26-,28-,29-,30-,31+;/m1./s1. The van der Waals surface area contributed by atoms with Crippen molar-refractivity contribution < 1.29 is 86.1 Å². The molecule has 0 unspecified atom stereocenters. The van der Waals surface area contributed by atoms with Gasteiger partial charge in [0.1, 0.15) is 24.4 Å². The minimum atomic E-state index is -5.07. The second-order valence-electron chi connectivity index (χ2n) is 12.7. The Hall–Kier alpha value is 0.0600. The molecule has 0 bridgehead atoms. The van der Waals surface area contributed by atoms with E-state index in [0.29, 0.717) is 13.0 Å². The molecule has 0 aliphatic carbocycles. The topological polar surface area (TPSA) is 204 Å². The maximum atomic E-state index is 12.5. The van der Waals surface area contributed by atoms with Gasteiger partial charge in [-0.25, -0.2) is 8.42 Å². The summed E-state index contributed by atoms with van der Waals surface area (Å²) in [5.41, 5.74) is -1.62. The molecule has 1 heterocycles. The molecule has 15 heteroatoms. The summed E-state index contributed by atoms with van der Waals surface area (Å²) in [4.78, 5) is 12.5. The maximum Gasteiger partial charge on any atom is 1.00 e. The van der Waals surface area contributed by atoms with Gasteiger partial charge in [-0.15, -0.1) is 0 Å². The van der Waals surface area contributed by atoms with Gasteiger partial charge in [0.25, 0.3) is 0 Å². The maximum absolute atomic E-state index is 12.5. The first-order valence-corrected chi connectivity index (χ1v) is 18.7. The molecule has 1 amide bonds. The average molecular weight is 708 g/mol. The van der Waals surface area contributed by atoms with Crippen LogP contribution in [0.25, 0.3) is 0 Å². The van der Waals surface area contributed by atoms with Crippen LogP contribution >= 0.6 is 0 Å². The molecule has 0 aromatic rings. The molecule has 1 saturated heterocycles. The molecule has 0 saturated carbocycles. The van der Waals surface area contributed by atoms with Gasteiger partial charge in [-0.3, -0.25) is 8.98 Å². The fraction of sp³-hybridized carbons (Fsp3) is 0.969. The van der Waals surface area contributed by atoms with E-state index >= 15 is 0 Å². The molecular weight excluding hydrogens is 645 g/mol. The zero-order valence-electron chi connectivity index (χ0n) is 29.1. The van der Waals surface area contributed by atoms with Crippen molar-refractivity contribution in [2.24, 2.45) is 5.41 Å². The molecule has 0 aromatic heterocycles. The molecule has 0 aromatic carbocycles. The van der Waals surface area contributed by atoms with Crippen molar-refractivity contribution in [3.05, 3.63) is 0 Å². The van der Waals surface area contributed by atoms with E-state index in [1.54, 1.807) is 0 Å². The largest absolute Gasteiger partial charge is 1.00 e. The second kappa shape index (κ2) is 27.7. The summed E-state index contributed by atoms with van der Waals surface area (Å²) in [6, 6.07) is -1.02. The number of unbranched alkanes of at least 4 members (excludes halogenated alkanes) is 14. The first-order valence-electron chi connectivity index (χ1n) is 17.3. The number of ether oxygens (including phenoxy) is 3. The second-order valence-corrected chi connectivity index (χ2v) is 13.7. The van der Waals surface area contributed by atoms with Gasteiger partial charge in [0.2, 0.25) is 16.3 Å². The van der Waals surface area contributed by atoms with Crippen LogP contribution in [-0.2, 0) is 33.6 Å². The first kappa shape index (κ1) is 47.1. The molecular formula is C32H62NNaO12S. The van der Waals surface area contributed by atoms with Crippen molar-refractivity contribution in [1.82, 2.24) is 5.32 Å². The Morgan fingerprint density at radius 2 is 1.32 bits per heavy atom. The number of hydrogen-bond acceptors (Lipinski definition) is 12. The number of aliphatic hydroxyl groups is 4. The zero-order valence-corrected chi connectivity index (χ0v) is 31.9. The van der Waals surface area contributed by atoms with Crippen molar-refractivity contribution in [2.75, 3.05) is 39.6 Å². The number of carbonyl (C=O) groups is 1. The summed E-state index contributed by atoms with van der Waals surface area (Å²) < 4.78 is 54.2. The third-order valence-corrected chi connectivity index (χ3v) is 8.84. The van der Waals surface area contributed by atoms with Gasteiger partial charge in [0.15, 0.2) is 6.29 Å². The smallest absolute Gasteiger partial charge is 0.726 e. The van der Waals surface area contributed by atoms with E-state index in [1.165, 1.54) is 64.2 Å². The Labute approximate surface area is 305 Å². The van der Waals surface area contributed by atoms with Crippen LogP contribution in [0.4, 0.5) is 0 Å². The van der Waals surface area contributed by atoms with Crippen molar-refractivity contribution in [3.63, 3.8) is 0 Å². The Bertz CT molecular complexity index is 880. The van der Waals surface area contributed by atoms with Gasteiger partial charge >= 0.3 is 29.6 Å². The molecule has 47 heavy (non-hydrogen) atoms. The van der Waals surface area contributed by atoms with E-state index in [2.05, 4.69) is 16.4 Å². The summed E-state index contributed by atoms with van der Waals surface area (Å²) in [5, 5.41) is 43.8. The van der Waals surface area contributed by atoms with E-state index in [9.17, 15) is 38.2 Å². The van der Waals surface area contributed by atoms with Crippen LogP contribution in [0.3, 0.4) is 0 Å². The van der Waals surface area contributed by atoms with Crippen molar-refractivity contribution >= 4 is 16.3 Å². The zero-order chi connectivity index (χ0) is 34.3. The molecule has 1 rings (SSSR count). The third kappa shape index (κ3) is 21.1. The fourth-order valence-electron chi connectivity index (χ4n) is 5.32. The number of carbonyl (C=O) groups excluding carboxylic acids is 1. The minimum Gasteiger partial charge on any atom is -0.726 e. The number of aliphatic hydroxyl groups excluding tert-OH is 4. The first-order chi connectivity index (χ1) is 22.0. The molecule has 1 aliphatic heterocycles. The summed E-state index contributed by atoms with van der Waals surface area (Å²) in [6.07, 6.45) is 13.7. The number of amides is 1. The average Bonchev–Trinajstić information content (AvgIpc) is 3.03. The summed E-state index contributed by atoms with van der Waals surface area (Å²) in [7, 11) is -5.07. The van der Waals surface area contributed by atoms with E-state index in [0.717, 1.165) is 32.1 Å². The predicted octanol–water partition coefficient (Wildman–Crippen LogP) is 0.0744. The van der Waals surface area contributed by atoms with E-state index < -0.39 is 72.9 Å². The molecule has 13 nitrogen and oxygen atoms in total. The van der Waals surface area contributed by atoms with Crippen LogP contribution in [0.2, 0.25) is 0 Å². The Morgan fingerprint density at radius 1 is 0.809 bits per heavy atom. The fourth-order valence-corrected chi connectivity index (χ4v) is 5.71. The molecule has 0 spiro atoms. The predicted molar refractivity (Wildman–Crippen MR) is 171 cm³/mol. The van der Waals surface area contributed by atoms with E-state index in [-0.39, 0.29) is 48.5 Å². The molecule has 0 radical (unpaired) electrons. The van der Waals surface area contributed by atoms with Crippen LogP contribution in [0.5, 0.6) is 0 Å². The number of nitrogens with one attached hydrogen (secondary N) is 1. The number of rotatable bonds is 29.